The highest BCUT2D eigenvalue weighted by Gasteiger charge is 2.32. The minimum atomic E-state index is 0.271. The Bertz CT molecular complexity index is 710. The average Bonchev–Trinajstić information content (AvgIpc) is 3.38. The molecule has 2 unspecified atom stereocenters. The van der Waals surface area contributed by atoms with Gasteiger partial charge >= 0.3 is 0 Å². The van der Waals surface area contributed by atoms with Crippen LogP contribution in [-0.2, 0) is 11.2 Å². The maximum atomic E-state index is 12.8. The standard InChI is InChI=1S/C23H34N4O/c1-24-23(25-15-19-12-11-17-7-5-6-10-21(17)19)26-20-13-14-27(16-20)22(28)18-8-3-2-4-9-18/h5-7,10,18-20H,2-4,8-9,11-16H2,1H3,(H2,24,25,26). The first kappa shape index (κ1) is 19.3. The van der Waals surface area contributed by atoms with E-state index in [1.165, 1.54) is 43.2 Å². The molecule has 2 atom stereocenters. The van der Waals surface area contributed by atoms with Gasteiger partial charge in [0.2, 0.25) is 5.91 Å². The summed E-state index contributed by atoms with van der Waals surface area (Å²) in [5.74, 6) is 2.07. The van der Waals surface area contributed by atoms with Crippen LogP contribution in [0.4, 0.5) is 0 Å². The topological polar surface area (TPSA) is 56.7 Å². The number of fused-ring (bicyclic) bond motifs is 1. The average molecular weight is 383 g/mol. The van der Waals surface area contributed by atoms with E-state index in [1.807, 2.05) is 7.05 Å². The van der Waals surface area contributed by atoms with Crippen molar-refractivity contribution in [1.82, 2.24) is 15.5 Å². The molecule has 4 rings (SSSR count). The molecule has 0 radical (unpaired) electrons. The Morgan fingerprint density at radius 2 is 1.96 bits per heavy atom. The van der Waals surface area contributed by atoms with Gasteiger partial charge in [0.15, 0.2) is 5.96 Å². The van der Waals surface area contributed by atoms with Gasteiger partial charge in [0, 0.05) is 44.6 Å². The third kappa shape index (κ3) is 4.34. The highest BCUT2D eigenvalue weighted by Crippen LogP contribution is 2.32. The second kappa shape index (κ2) is 8.97. The van der Waals surface area contributed by atoms with Gasteiger partial charge in [-0.25, -0.2) is 0 Å². The highest BCUT2D eigenvalue weighted by molar-refractivity contribution is 5.81. The van der Waals surface area contributed by atoms with Crippen LogP contribution in [0.5, 0.6) is 0 Å². The molecule has 0 spiro atoms. The molecule has 1 amide bonds. The zero-order chi connectivity index (χ0) is 19.3. The number of carbonyl (C=O) groups is 1. The molecular weight excluding hydrogens is 348 g/mol. The first-order valence-electron chi connectivity index (χ1n) is 11.1. The summed E-state index contributed by atoms with van der Waals surface area (Å²) in [5, 5.41) is 7.07. The molecule has 2 N–H and O–H groups in total. The smallest absolute Gasteiger partial charge is 0.225 e. The van der Waals surface area contributed by atoms with Gasteiger partial charge in [0.1, 0.15) is 0 Å². The first-order valence-corrected chi connectivity index (χ1v) is 11.1. The van der Waals surface area contributed by atoms with Crippen molar-refractivity contribution in [2.24, 2.45) is 10.9 Å². The summed E-state index contributed by atoms with van der Waals surface area (Å²) in [4.78, 5) is 19.3. The second-order valence-electron chi connectivity index (χ2n) is 8.64. The van der Waals surface area contributed by atoms with Crippen molar-refractivity contribution in [1.29, 1.82) is 0 Å². The van der Waals surface area contributed by atoms with E-state index < -0.39 is 0 Å². The first-order chi connectivity index (χ1) is 13.7. The van der Waals surface area contributed by atoms with E-state index in [2.05, 4.69) is 44.8 Å². The normalized spacial score (nSPS) is 25.6. The minimum Gasteiger partial charge on any atom is -0.356 e. The van der Waals surface area contributed by atoms with E-state index in [0.29, 0.717) is 17.9 Å². The van der Waals surface area contributed by atoms with Gasteiger partial charge in [0.05, 0.1) is 0 Å². The van der Waals surface area contributed by atoms with Gasteiger partial charge in [0.25, 0.3) is 0 Å². The molecular formula is C23H34N4O. The number of nitrogens with one attached hydrogen (secondary N) is 2. The molecule has 5 nitrogen and oxygen atoms in total. The zero-order valence-electron chi connectivity index (χ0n) is 17.1. The zero-order valence-corrected chi connectivity index (χ0v) is 17.1. The number of benzene rings is 1. The number of carbonyl (C=O) groups excluding carboxylic acids is 1. The Morgan fingerprint density at radius 1 is 1.14 bits per heavy atom. The van der Waals surface area contributed by atoms with Gasteiger partial charge in [-0.2, -0.15) is 0 Å². The number of guanidine groups is 1. The molecule has 2 fully saturated rings. The predicted molar refractivity (Wildman–Crippen MR) is 114 cm³/mol. The van der Waals surface area contributed by atoms with Crippen LogP contribution in [0.2, 0.25) is 0 Å². The van der Waals surface area contributed by atoms with Gasteiger partial charge in [-0.05, 0) is 43.2 Å². The molecule has 28 heavy (non-hydrogen) atoms. The molecule has 3 aliphatic rings. The number of likely N-dealkylation sites (tertiary alicyclic amines) is 1. The maximum Gasteiger partial charge on any atom is 0.225 e. The number of amides is 1. The molecule has 0 bridgehead atoms. The maximum absolute atomic E-state index is 12.8. The fourth-order valence-electron chi connectivity index (χ4n) is 5.15. The van der Waals surface area contributed by atoms with Crippen molar-refractivity contribution in [2.45, 2.75) is 63.3 Å². The van der Waals surface area contributed by atoms with Crippen molar-refractivity contribution < 1.29 is 4.79 Å². The molecule has 1 aromatic carbocycles. The lowest BCUT2D eigenvalue weighted by Crippen LogP contribution is -2.46. The van der Waals surface area contributed by atoms with Crippen molar-refractivity contribution in [3.63, 3.8) is 0 Å². The molecule has 2 aliphatic carbocycles. The van der Waals surface area contributed by atoms with Crippen LogP contribution in [0.25, 0.3) is 0 Å². The summed E-state index contributed by atoms with van der Waals surface area (Å²) in [6.45, 7) is 2.59. The fourth-order valence-corrected chi connectivity index (χ4v) is 5.15. The van der Waals surface area contributed by atoms with Crippen LogP contribution < -0.4 is 10.6 Å². The summed E-state index contributed by atoms with van der Waals surface area (Å²) >= 11 is 0. The Kier molecular flexibility index (Phi) is 6.18. The number of hydrogen-bond donors (Lipinski definition) is 2. The third-order valence-electron chi connectivity index (χ3n) is 6.79. The van der Waals surface area contributed by atoms with Gasteiger partial charge < -0.3 is 15.5 Å². The highest BCUT2D eigenvalue weighted by atomic mass is 16.2. The molecule has 152 valence electrons. The van der Waals surface area contributed by atoms with E-state index in [1.54, 1.807) is 0 Å². The Balaban J connectivity index is 1.25. The van der Waals surface area contributed by atoms with Gasteiger partial charge in [-0.15, -0.1) is 0 Å². The van der Waals surface area contributed by atoms with Crippen LogP contribution in [0, 0.1) is 5.92 Å². The van der Waals surface area contributed by atoms with Crippen molar-refractivity contribution in [3.05, 3.63) is 35.4 Å². The van der Waals surface area contributed by atoms with Crippen LogP contribution >= 0.6 is 0 Å². The lowest BCUT2D eigenvalue weighted by Gasteiger charge is -2.26. The Labute approximate surface area is 169 Å². The molecule has 1 aromatic rings. The second-order valence-corrected chi connectivity index (χ2v) is 8.64. The Morgan fingerprint density at radius 3 is 2.79 bits per heavy atom. The van der Waals surface area contributed by atoms with Crippen molar-refractivity contribution in [2.75, 3.05) is 26.7 Å². The van der Waals surface area contributed by atoms with Gasteiger partial charge in [-0.3, -0.25) is 9.79 Å². The molecule has 1 saturated heterocycles. The summed E-state index contributed by atoms with van der Waals surface area (Å²) in [6, 6.07) is 9.08. The number of nitrogens with zero attached hydrogens (tertiary/aromatic N) is 2. The Hall–Kier alpha value is -2.04. The lowest BCUT2D eigenvalue weighted by molar-refractivity contribution is -0.135. The minimum absolute atomic E-state index is 0.271. The van der Waals surface area contributed by atoms with Crippen LogP contribution in [0.1, 0.15) is 62.0 Å². The monoisotopic (exact) mass is 382 g/mol. The van der Waals surface area contributed by atoms with Gasteiger partial charge in [-0.1, -0.05) is 43.5 Å². The SMILES string of the molecule is CN=C(NCC1CCc2ccccc21)NC1CCN(C(=O)C2CCCCC2)C1. The number of aryl methyl sites for hydroxylation is 1. The third-order valence-corrected chi connectivity index (χ3v) is 6.79. The van der Waals surface area contributed by atoms with E-state index >= 15 is 0 Å². The van der Waals surface area contributed by atoms with E-state index in [4.69, 9.17) is 0 Å². The molecule has 1 saturated carbocycles. The van der Waals surface area contributed by atoms with Crippen molar-refractivity contribution in [3.8, 4) is 0 Å². The van der Waals surface area contributed by atoms with E-state index in [-0.39, 0.29) is 5.92 Å². The molecule has 1 aliphatic heterocycles. The largest absolute Gasteiger partial charge is 0.356 e. The van der Waals surface area contributed by atoms with E-state index in [0.717, 1.165) is 44.9 Å². The molecule has 1 heterocycles. The quantitative estimate of drug-likeness (QED) is 0.622. The fraction of sp³-hybridized carbons (Fsp3) is 0.652. The summed E-state index contributed by atoms with van der Waals surface area (Å²) < 4.78 is 0. The van der Waals surface area contributed by atoms with Crippen molar-refractivity contribution >= 4 is 11.9 Å². The number of hydrogen-bond acceptors (Lipinski definition) is 2. The molecule has 0 aromatic heterocycles. The predicted octanol–water partition coefficient (Wildman–Crippen LogP) is 3.06. The lowest BCUT2D eigenvalue weighted by atomic mass is 9.88. The van der Waals surface area contributed by atoms with E-state index in [9.17, 15) is 4.79 Å². The summed E-state index contributed by atoms with van der Waals surface area (Å²) in [7, 11) is 1.83. The number of aliphatic imine (C=N–C) groups is 1. The summed E-state index contributed by atoms with van der Waals surface area (Å²) in [6.07, 6.45) is 9.28. The molecule has 5 heteroatoms. The van der Waals surface area contributed by atoms with Crippen LogP contribution in [0.15, 0.2) is 29.3 Å². The number of rotatable bonds is 4. The van der Waals surface area contributed by atoms with Crippen LogP contribution in [-0.4, -0.2) is 49.5 Å². The van der Waals surface area contributed by atoms with Crippen LogP contribution in [0.3, 0.4) is 0 Å². The summed E-state index contributed by atoms with van der Waals surface area (Å²) in [5.41, 5.74) is 2.97.